The van der Waals surface area contributed by atoms with Gasteiger partial charge in [-0.05, 0) is 37.5 Å². The van der Waals surface area contributed by atoms with E-state index in [4.69, 9.17) is 4.74 Å². The summed E-state index contributed by atoms with van der Waals surface area (Å²) in [6.07, 6.45) is 4.54. The molecule has 0 saturated heterocycles. The zero-order valence-corrected chi connectivity index (χ0v) is 14.0. The van der Waals surface area contributed by atoms with Crippen LogP contribution >= 0.6 is 0 Å². The van der Waals surface area contributed by atoms with Crippen LogP contribution in [0.1, 0.15) is 40.6 Å². The number of hydrogen-bond acceptors (Lipinski definition) is 4. The van der Waals surface area contributed by atoms with E-state index in [0.717, 1.165) is 24.2 Å². The Bertz CT molecular complexity index is 713. The predicted octanol–water partition coefficient (Wildman–Crippen LogP) is 1.83. The molecule has 1 saturated carbocycles. The summed E-state index contributed by atoms with van der Waals surface area (Å²) < 4.78 is 7.08. The second-order valence-corrected chi connectivity index (χ2v) is 6.23. The van der Waals surface area contributed by atoms with Crippen molar-refractivity contribution < 1.29 is 14.6 Å². The highest BCUT2D eigenvalue weighted by Gasteiger charge is 2.37. The van der Waals surface area contributed by atoms with E-state index < -0.39 is 6.10 Å². The highest BCUT2D eigenvalue weighted by atomic mass is 16.5. The molecule has 6 heteroatoms. The Morgan fingerprint density at radius 2 is 2.29 bits per heavy atom. The minimum Gasteiger partial charge on any atom is -0.389 e. The monoisotopic (exact) mass is 329 g/mol. The lowest BCUT2D eigenvalue weighted by atomic mass is 10.1. The van der Waals surface area contributed by atoms with Crippen LogP contribution in [0, 0.1) is 6.92 Å². The van der Waals surface area contributed by atoms with Crippen molar-refractivity contribution in [2.45, 2.75) is 44.6 Å². The Balaban J connectivity index is 1.67. The number of methoxy groups -OCH3 is 1. The lowest BCUT2D eigenvalue weighted by molar-refractivity contribution is 0.0811. The Morgan fingerprint density at radius 1 is 1.46 bits per heavy atom. The first kappa shape index (κ1) is 16.7. The summed E-state index contributed by atoms with van der Waals surface area (Å²) in [6, 6.07) is 7.05. The highest BCUT2D eigenvalue weighted by molar-refractivity contribution is 5.94. The smallest absolute Gasteiger partial charge is 0.251 e. The van der Waals surface area contributed by atoms with Crippen LogP contribution in [0.3, 0.4) is 0 Å². The summed E-state index contributed by atoms with van der Waals surface area (Å²) in [5.74, 6) is 0.707. The van der Waals surface area contributed by atoms with Crippen molar-refractivity contribution >= 4 is 5.91 Å². The van der Waals surface area contributed by atoms with Gasteiger partial charge in [-0.2, -0.15) is 0 Å². The number of benzene rings is 1. The Kier molecular flexibility index (Phi) is 4.97. The zero-order valence-electron chi connectivity index (χ0n) is 14.0. The van der Waals surface area contributed by atoms with Crippen LogP contribution in [0.2, 0.25) is 0 Å². The molecule has 1 aromatic heterocycles. The number of hydrogen-bond donors (Lipinski definition) is 2. The maximum absolute atomic E-state index is 12.5. The maximum Gasteiger partial charge on any atom is 0.251 e. The van der Waals surface area contributed by atoms with Gasteiger partial charge in [0, 0.05) is 25.1 Å². The molecule has 3 atom stereocenters. The number of carbonyl (C=O) groups is 1. The fraction of sp³-hybridized carbons (Fsp3) is 0.444. The number of nitrogens with one attached hydrogen (secondary N) is 1. The van der Waals surface area contributed by atoms with Gasteiger partial charge in [0.05, 0.1) is 24.8 Å². The molecule has 3 rings (SSSR count). The molecule has 6 nitrogen and oxygen atoms in total. The van der Waals surface area contributed by atoms with Gasteiger partial charge in [-0.15, -0.1) is 0 Å². The zero-order chi connectivity index (χ0) is 17.1. The molecule has 1 aliphatic rings. The largest absolute Gasteiger partial charge is 0.389 e. The standard InChI is InChI=1S/C18H23N3O3/c1-12-19-8-9-21(12)16-7-6-15(17(16)22)20-18(23)14-5-3-4-13(10-14)11-24-2/h3-5,8-10,15-17,22H,6-7,11H2,1-2H3,(H,20,23)/t15-,16-,17-/m1/s1. The molecule has 1 heterocycles. The number of aliphatic hydroxyl groups excluding tert-OH is 1. The summed E-state index contributed by atoms with van der Waals surface area (Å²) in [4.78, 5) is 16.7. The third kappa shape index (κ3) is 3.34. The van der Waals surface area contributed by atoms with Gasteiger partial charge in [0.15, 0.2) is 0 Å². The lowest BCUT2D eigenvalue weighted by Gasteiger charge is -2.22. The third-order valence-corrected chi connectivity index (χ3v) is 4.62. The van der Waals surface area contributed by atoms with Crippen LogP contribution in [0.15, 0.2) is 36.7 Å². The summed E-state index contributed by atoms with van der Waals surface area (Å²) >= 11 is 0. The molecule has 1 fully saturated rings. The average molecular weight is 329 g/mol. The number of imidazole rings is 1. The molecule has 128 valence electrons. The number of carbonyl (C=O) groups excluding carboxylic acids is 1. The molecule has 2 N–H and O–H groups in total. The molecule has 0 aliphatic heterocycles. The summed E-state index contributed by atoms with van der Waals surface area (Å²) in [5.41, 5.74) is 1.53. The Labute approximate surface area is 141 Å². The van der Waals surface area contributed by atoms with Crippen molar-refractivity contribution in [1.82, 2.24) is 14.9 Å². The second kappa shape index (κ2) is 7.15. The minimum absolute atomic E-state index is 0.0439. The minimum atomic E-state index is -0.621. The number of rotatable bonds is 5. The Hall–Kier alpha value is -2.18. The van der Waals surface area contributed by atoms with E-state index in [1.165, 1.54) is 0 Å². The first-order valence-electron chi connectivity index (χ1n) is 8.16. The molecule has 0 spiro atoms. The van der Waals surface area contributed by atoms with Crippen LogP contribution in [0.25, 0.3) is 0 Å². The van der Waals surface area contributed by atoms with E-state index in [1.807, 2.05) is 35.9 Å². The van der Waals surface area contributed by atoms with E-state index >= 15 is 0 Å². The topological polar surface area (TPSA) is 76.4 Å². The van der Waals surface area contributed by atoms with Gasteiger partial charge >= 0.3 is 0 Å². The van der Waals surface area contributed by atoms with E-state index in [0.29, 0.717) is 12.2 Å². The molecule has 24 heavy (non-hydrogen) atoms. The highest BCUT2D eigenvalue weighted by Crippen LogP contribution is 2.31. The number of aromatic nitrogens is 2. The van der Waals surface area contributed by atoms with E-state index in [-0.39, 0.29) is 18.0 Å². The van der Waals surface area contributed by atoms with Crippen molar-refractivity contribution in [2.24, 2.45) is 0 Å². The number of nitrogens with zero attached hydrogens (tertiary/aromatic N) is 2. The number of aliphatic hydroxyl groups is 1. The van der Waals surface area contributed by atoms with Gasteiger partial charge in [-0.1, -0.05) is 12.1 Å². The van der Waals surface area contributed by atoms with Crippen LogP contribution in [0.5, 0.6) is 0 Å². The molecule has 0 radical (unpaired) electrons. The summed E-state index contributed by atoms with van der Waals surface area (Å²) in [7, 11) is 1.62. The van der Waals surface area contributed by atoms with Crippen molar-refractivity contribution in [3.05, 3.63) is 53.6 Å². The summed E-state index contributed by atoms with van der Waals surface area (Å²) in [5, 5.41) is 13.6. The van der Waals surface area contributed by atoms with Crippen molar-refractivity contribution in [3.8, 4) is 0 Å². The molecule has 0 bridgehead atoms. The van der Waals surface area contributed by atoms with Gasteiger partial charge in [0.25, 0.3) is 5.91 Å². The second-order valence-electron chi connectivity index (χ2n) is 6.23. The SMILES string of the molecule is COCc1cccc(C(=O)N[C@@H]2CC[C@@H](n3ccnc3C)[C@@H]2O)c1. The van der Waals surface area contributed by atoms with Gasteiger partial charge in [0.1, 0.15) is 5.82 Å². The molecule has 1 aliphatic carbocycles. The normalized spacial score (nSPS) is 23.4. The molecule has 1 aromatic carbocycles. The first-order valence-corrected chi connectivity index (χ1v) is 8.16. The van der Waals surface area contributed by atoms with E-state index in [9.17, 15) is 9.90 Å². The molecule has 0 unspecified atom stereocenters. The maximum atomic E-state index is 12.5. The number of amides is 1. The Morgan fingerprint density at radius 3 is 3.00 bits per heavy atom. The first-order chi connectivity index (χ1) is 11.6. The van der Waals surface area contributed by atoms with Crippen molar-refractivity contribution in [1.29, 1.82) is 0 Å². The van der Waals surface area contributed by atoms with Crippen molar-refractivity contribution in [3.63, 3.8) is 0 Å². The van der Waals surface area contributed by atoms with Crippen LogP contribution < -0.4 is 5.32 Å². The fourth-order valence-corrected chi connectivity index (χ4v) is 3.38. The van der Waals surface area contributed by atoms with Crippen molar-refractivity contribution in [2.75, 3.05) is 7.11 Å². The lowest BCUT2D eigenvalue weighted by Crippen LogP contribution is -2.42. The van der Waals surface area contributed by atoms with E-state index in [1.54, 1.807) is 19.4 Å². The number of aryl methyl sites for hydroxylation is 1. The molecule has 1 amide bonds. The predicted molar refractivity (Wildman–Crippen MR) is 89.7 cm³/mol. The average Bonchev–Trinajstić information content (AvgIpc) is 3.14. The quantitative estimate of drug-likeness (QED) is 0.877. The van der Waals surface area contributed by atoms with E-state index in [2.05, 4.69) is 10.3 Å². The molecule has 2 aromatic rings. The number of ether oxygens (including phenoxy) is 1. The molecular weight excluding hydrogens is 306 g/mol. The summed E-state index contributed by atoms with van der Waals surface area (Å²) in [6.45, 7) is 2.38. The van der Waals surface area contributed by atoms with Crippen LogP contribution in [-0.2, 0) is 11.3 Å². The fourth-order valence-electron chi connectivity index (χ4n) is 3.38. The van der Waals surface area contributed by atoms with Gasteiger partial charge in [0.2, 0.25) is 0 Å². The van der Waals surface area contributed by atoms with Gasteiger partial charge in [-0.3, -0.25) is 4.79 Å². The molecular formula is C18H23N3O3. The third-order valence-electron chi connectivity index (χ3n) is 4.62. The van der Waals surface area contributed by atoms with Gasteiger partial charge < -0.3 is 19.7 Å². The van der Waals surface area contributed by atoms with Crippen LogP contribution in [0.4, 0.5) is 0 Å². The van der Waals surface area contributed by atoms with Crippen LogP contribution in [-0.4, -0.2) is 39.8 Å². The van der Waals surface area contributed by atoms with Gasteiger partial charge in [-0.25, -0.2) is 4.98 Å².